The lowest BCUT2D eigenvalue weighted by molar-refractivity contribution is -0.121. The zero-order valence-corrected chi connectivity index (χ0v) is 13.8. The number of nitrogens with one attached hydrogen (secondary N) is 1. The average Bonchev–Trinajstić information content (AvgIpc) is 2.64. The van der Waals surface area contributed by atoms with Crippen LogP contribution in [0.25, 0.3) is 0 Å². The van der Waals surface area contributed by atoms with Crippen molar-refractivity contribution in [2.75, 3.05) is 11.4 Å². The number of pyridine rings is 2. The standard InChI is InChI=1S/C18H17N5O2/c1-12-13(10-19)6-7-15(21-12)17(24)22-16-5-3-9-23(18(16)25)14-4-2-8-20-11-14/h2,4,6-8,11,16H,3,5,9H2,1H3,(H,22,24)/t16-/m0/s1. The molecule has 3 rings (SSSR count). The fourth-order valence-corrected chi connectivity index (χ4v) is 2.82. The third-order valence-electron chi connectivity index (χ3n) is 4.14. The zero-order chi connectivity index (χ0) is 17.8. The van der Waals surface area contributed by atoms with E-state index in [1.807, 2.05) is 12.1 Å². The molecule has 1 aliphatic heterocycles. The van der Waals surface area contributed by atoms with Crippen molar-refractivity contribution < 1.29 is 9.59 Å². The number of nitrogens with zero attached hydrogens (tertiary/aromatic N) is 4. The van der Waals surface area contributed by atoms with Gasteiger partial charge in [0.1, 0.15) is 17.8 Å². The summed E-state index contributed by atoms with van der Waals surface area (Å²) in [7, 11) is 0. The Hall–Kier alpha value is -3.27. The molecule has 1 aliphatic rings. The Kier molecular flexibility index (Phi) is 4.70. The van der Waals surface area contributed by atoms with Gasteiger partial charge < -0.3 is 10.2 Å². The number of carbonyl (C=O) groups is 2. The molecule has 1 fully saturated rings. The van der Waals surface area contributed by atoms with Crippen molar-refractivity contribution in [3.63, 3.8) is 0 Å². The van der Waals surface area contributed by atoms with Crippen LogP contribution in [0.15, 0.2) is 36.7 Å². The summed E-state index contributed by atoms with van der Waals surface area (Å²) in [4.78, 5) is 34.9. The number of amides is 2. The summed E-state index contributed by atoms with van der Waals surface area (Å²) in [5, 5.41) is 11.7. The first kappa shape index (κ1) is 16.6. The molecular formula is C18H17N5O2. The Morgan fingerprint density at radius 2 is 2.24 bits per heavy atom. The van der Waals surface area contributed by atoms with Gasteiger partial charge in [0, 0.05) is 12.7 Å². The third-order valence-corrected chi connectivity index (χ3v) is 4.14. The van der Waals surface area contributed by atoms with Crippen LogP contribution in [0.2, 0.25) is 0 Å². The van der Waals surface area contributed by atoms with E-state index in [1.54, 1.807) is 36.4 Å². The number of carbonyl (C=O) groups excluding carboxylic acids is 2. The minimum Gasteiger partial charge on any atom is -0.339 e. The predicted molar refractivity (Wildman–Crippen MR) is 90.8 cm³/mol. The SMILES string of the molecule is Cc1nc(C(=O)N[C@H]2CCCN(c3cccnc3)C2=O)ccc1C#N. The quantitative estimate of drug-likeness (QED) is 0.918. The fourth-order valence-electron chi connectivity index (χ4n) is 2.82. The fraction of sp³-hybridized carbons (Fsp3) is 0.278. The Bertz CT molecular complexity index is 844. The Morgan fingerprint density at radius 1 is 1.40 bits per heavy atom. The molecule has 3 heterocycles. The normalized spacial score (nSPS) is 17.0. The number of rotatable bonds is 3. The second kappa shape index (κ2) is 7.09. The van der Waals surface area contributed by atoms with Gasteiger partial charge in [-0.25, -0.2) is 4.98 Å². The lowest BCUT2D eigenvalue weighted by Gasteiger charge is -2.32. The number of hydrogen-bond donors (Lipinski definition) is 1. The third kappa shape index (κ3) is 3.48. The van der Waals surface area contributed by atoms with Crippen molar-refractivity contribution in [3.8, 4) is 6.07 Å². The first-order valence-electron chi connectivity index (χ1n) is 8.00. The Morgan fingerprint density at radius 3 is 2.92 bits per heavy atom. The number of aryl methyl sites for hydroxylation is 1. The van der Waals surface area contributed by atoms with Crippen LogP contribution in [0.1, 0.15) is 34.6 Å². The first-order chi connectivity index (χ1) is 12.1. The van der Waals surface area contributed by atoms with E-state index in [9.17, 15) is 9.59 Å². The highest BCUT2D eigenvalue weighted by molar-refractivity contribution is 6.02. The van der Waals surface area contributed by atoms with Gasteiger partial charge in [0.05, 0.1) is 23.1 Å². The molecule has 25 heavy (non-hydrogen) atoms. The molecule has 0 aromatic carbocycles. The second-order valence-corrected chi connectivity index (χ2v) is 5.81. The van der Waals surface area contributed by atoms with Crippen molar-refractivity contribution in [1.82, 2.24) is 15.3 Å². The molecule has 2 aromatic rings. The van der Waals surface area contributed by atoms with Crippen molar-refractivity contribution >= 4 is 17.5 Å². The highest BCUT2D eigenvalue weighted by Crippen LogP contribution is 2.20. The van der Waals surface area contributed by atoms with Gasteiger partial charge in [0.2, 0.25) is 5.91 Å². The Balaban J connectivity index is 1.74. The molecule has 7 nitrogen and oxygen atoms in total. The summed E-state index contributed by atoms with van der Waals surface area (Å²) in [6.45, 7) is 2.27. The molecule has 1 N–H and O–H groups in total. The van der Waals surface area contributed by atoms with E-state index < -0.39 is 11.9 Å². The topological polar surface area (TPSA) is 99.0 Å². The van der Waals surface area contributed by atoms with Crippen LogP contribution < -0.4 is 10.2 Å². The van der Waals surface area contributed by atoms with Gasteiger partial charge in [-0.2, -0.15) is 5.26 Å². The molecule has 126 valence electrons. The molecule has 0 unspecified atom stereocenters. The molecule has 0 radical (unpaired) electrons. The molecule has 1 saturated heterocycles. The maximum absolute atomic E-state index is 12.7. The van der Waals surface area contributed by atoms with Crippen molar-refractivity contribution in [1.29, 1.82) is 5.26 Å². The number of piperidine rings is 1. The summed E-state index contributed by atoms with van der Waals surface area (Å²) in [6.07, 6.45) is 4.64. The highest BCUT2D eigenvalue weighted by Gasteiger charge is 2.31. The van der Waals surface area contributed by atoms with Crippen LogP contribution in [-0.2, 0) is 4.79 Å². The molecule has 2 aromatic heterocycles. The van der Waals surface area contributed by atoms with Crippen LogP contribution in [0.5, 0.6) is 0 Å². The molecule has 7 heteroatoms. The average molecular weight is 335 g/mol. The molecule has 0 spiro atoms. The smallest absolute Gasteiger partial charge is 0.270 e. The van der Waals surface area contributed by atoms with Crippen LogP contribution >= 0.6 is 0 Å². The molecule has 0 bridgehead atoms. The van der Waals surface area contributed by atoms with Crippen molar-refractivity contribution in [2.45, 2.75) is 25.8 Å². The number of hydrogen-bond acceptors (Lipinski definition) is 5. The van der Waals surface area contributed by atoms with Gasteiger partial charge in [-0.05, 0) is 44.0 Å². The summed E-state index contributed by atoms with van der Waals surface area (Å²) >= 11 is 0. The van der Waals surface area contributed by atoms with Gasteiger partial charge in [-0.15, -0.1) is 0 Å². The molecular weight excluding hydrogens is 318 g/mol. The predicted octanol–water partition coefficient (Wildman–Crippen LogP) is 1.58. The minimum absolute atomic E-state index is 0.155. The van der Waals surface area contributed by atoms with Gasteiger partial charge in [0.15, 0.2) is 0 Å². The first-order valence-corrected chi connectivity index (χ1v) is 8.00. The number of aromatic nitrogens is 2. The van der Waals surface area contributed by atoms with Crippen LogP contribution in [0, 0.1) is 18.3 Å². The van der Waals surface area contributed by atoms with E-state index in [4.69, 9.17) is 5.26 Å². The number of nitriles is 1. The largest absolute Gasteiger partial charge is 0.339 e. The number of anilines is 1. The molecule has 0 aliphatic carbocycles. The van der Waals surface area contributed by atoms with E-state index in [-0.39, 0.29) is 11.6 Å². The maximum Gasteiger partial charge on any atom is 0.270 e. The highest BCUT2D eigenvalue weighted by atomic mass is 16.2. The summed E-state index contributed by atoms with van der Waals surface area (Å²) in [5.74, 6) is -0.572. The zero-order valence-electron chi connectivity index (χ0n) is 13.8. The van der Waals surface area contributed by atoms with E-state index in [2.05, 4.69) is 15.3 Å². The van der Waals surface area contributed by atoms with Crippen molar-refractivity contribution in [3.05, 3.63) is 53.6 Å². The lowest BCUT2D eigenvalue weighted by atomic mass is 10.0. The molecule has 2 amide bonds. The Labute approximate surface area is 145 Å². The van der Waals surface area contributed by atoms with Gasteiger partial charge in [0.25, 0.3) is 5.91 Å². The van der Waals surface area contributed by atoms with E-state index in [0.717, 1.165) is 12.1 Å². The van der Waals surface area contributed by atoms with Crippen molar-refractivity contribution in [2.24, 2.45) is 0 Å². The van der Waals surface area contributed by atoms with Gasteiger partial charge >= 0.3 is 0 Å². The monoisotopic (exact) mass is 335 g/mol. The van der Waals surface area contributed by atoms with Gasteiger partial charge in [-0.3, -0.25) is 14.6 Å². The lowest BCUT2D eigenvalue weighted by Crippen LogP contribution is -2.52. The van der Waals surface area contributed by atoms with E-state index in [1.165, 1.54) is 6.07 Å². The van der Waals surface area contributed by atoms with E-state index in [0.29, 0.717) is 24.2 Å². The maximum atomic E-state index is 12.7. The van der Waals surface area contributed by atoms with Crippen LogP contribution in [0.3, 0.4) is 0 Å². The van der Waals surface area contributed by atoms with Crippen LogP contribution in [-0.4, -0.2) is 34.4 Å². The van der Waals surface area contributed by atoms with Gasteiger partial charge in [-0.1, -0.05) is 0 Å². The molecule has 1 atom stereocenters. The minimum atomic E-state index is -0.598. The second-order valence-electron chi connectivity index (χ2n) is 5.81. The van der Waals surface area contributed by atoms with E-state index >= 15 is 0 Å². The summed E-state index contributed by atoms with van der Waals surface area (Å²) in [6, 6.07) is 8.06. The summed E-state index contributed by atoms with van der Waals surface area (Å²) in [5.41, 5.74) is 1.83. The molecule has 0 saturated carbocycles. The van der Waals surface area contributed by atoms with Crippen LogP contribution in [0.4, 0.5) is 5.69 Å². The summed E-state index contributed by atoms with van der Waals surface area (Å²) < 4.78 is 0.